The van der Waals surface area contributed by atoms with Gasteiger partial charge in [-0.05, 0) is 48.4 Å². The summed E-state index contributed by atoms with van der Waals surface area (Å²) in [7, 11) is 0. The molecule has 0 N–H and O–H groups in total. The third kappa shape index (κ3) is 5.28. The van der Waals surface area contributed by atoms with Gasteiger partial charge in [0.25, 0.3) is 5.91 Å². The van der Waals surface area contributed by atoms with E-state index in [0.29, 0.717) is 49.6 Å². The van der Waals surface area contributed by atoms with Gasteiger partial charge in [0, 0.05) is 49.4 Å². The van der Waals surface area contributed by atoms with Crippen LogP contribution in [0.3, 0.4) is 0 Å². The van der Waals surface area contributed by atoms with E-state index >= 15 is 0 Å². The third-order valence-corrected chi connectivity index (χ3v) is 6.80. The number of benzene rings is 3. The largest absolute Gasteiger partial charge is 0.416 e. The zero-order valence-corrected chi connectivity index (χ0v) is 20.7. The number of alkyl halides is 3. The smallest absolute Gasteiger partial charge is 0.353 e. The fraction of sp³-hybridized carbons (Fsp3) is 0.276. The van der Waals surface area contributed by atoms with Crippen LogP contribution in [-0.2, 0) is 12.6 Å². The summed E-state index contributed by atoms with van der Waals surface area (Å²) in [5.41, 5.74) is 2.09. The summed E-state index contributed by atoms with van der Waals surface area (Å²) >= 11 is 0. The molecular formula is C29H27F3N4O. The number of amides is 1. The van der Waals surface area contributed by atoms with Gasteiger partial charge in [-0.1, -0.05) is 48.5 Å². The van der Waals surface area contributed by atoms with Crippen molar-refractivity contribution < 1.29 is 18.0 Å². The molecule has 0 aliphatic carbocycles. The molecule has 37 heavy (non-hydrogen) atoms. The highest BCUT2D eigenvalue weighted by Crippen LogP contribution is 2.31. The highest BCUT2D eigenvalue weighted by atomic mass is 19.4. The van der Waals surface area contributed by atoms with E-state index in [1.807, 2.05) is 61.2 Å². The standard InChI is InChI=1S/C29H27F3N4O/c1-19-26(17-21-6-5-9-25(16-21)29(30,31)32)27(34-20(2)33-19)35-12-14-36(15-13-35)28(37)24-11-10-22-7-3-4-8-23(22)18-24/h3-11,16,18H,12-15,17H2,1-2H3. The third-order valence-electron chi connectivity index (χ3n) is 6.80. The molecule has 0 unspecified atom stereocenters. The summed E-state index contributed by atoms with van der Waals surface area (Å²) in [6, 6.07) is 19.1. The van der Waals surface area contributed by atoms with Crippen molar-refractivity contribution in [1.82, 2.24) is 14.9 Å². The summed E-state index contributed by atoms with van der Waals surface area (Å²) < 4.78 is 39.7. The maximum Gasteiger partial charge on any atom is 0.416 e. The van der Waals surface area contributed by atoms with Crippen LogP contribution in [-0.4, -0.2) is 47.0 Å². The molecule has 1 aliphatic heterocycles. The summed E-state index contributed by atoms with van der Waals surface area (Å²) in [5.74, 6) is 1.32. The number of aryl methyl sites for hydroxylation is 2. The van der Waals surface area contributed by atoms with Gasteiger partial charge < -0.3 is 9.80 Å². The monoisotopic (exact) mass is 504 g/mol. The van der Waals surface area contributed by atoms with Crippen LogP contribution in [0, 0.1) is 13.8 Å². The number of nitrogens with zero attached hydrogens (tertiary/aromatic N) is 4. The Morgan fingerprint density at radius 2 is 1.59 bits per heavy atom. The lowest BCUT2D eigenvalue weighted by atomic mass is 10.0. The Kier molecular flexibility index (Phi) is 6.58. The summed E-state index contributed by atoms with van der Waals surface area (Å²) in [5, 5.41) is 2.12. The highest BCUT2D eigenvalue weighted by molar-refractivity contribution is 5.98. The fourth-order valence-corrected chi connectivity index (χ4v) is 4.87. The predicted octanol–water partition coefficient (Wildman–Crippen LogP) is 5.82. The molecule has 0 spiro atoms. The van der Waals surface area contributed by atoms with E-state index in [2.05, 4.69) is 14.9 Å². The molecule has 1 aromatic heterocycles. The Balaban J connectivity index is 1.35. The van der Waals surface area contributed by atoms with Crippen molar-refractivity contribution in [3.05, 3.63) is 101 Å². The minimum absolute atomic E-state index is 0.00959. The number of hydrogen-bond donors (Lipinski definition) is 0. The van der Waals surface area contributed by atoms with Gasteiger partial charge in [-0.25, -0.2) is 9.97 Å². The van der Waals surface area contributed by atoms with E-state index in [4.69, 9.17) is 0 Å². The first kappa shape index (κ1) is 24.7. The molecular weight excluding hydrogens is 477 g/mol. The van der Waals surface area contributed by atoms with Crippen LogP contribution in [0.15, 0.2) is 66.7 Å². The van der Waals surface area contributed by atoms with Crippen molar-refractivity contribution in [3.63, 3.8) is 0 Å². The Morgan fingerprint density at radius 1 is 0.865 bits per heavy atom. The molecule has 190 valence electrons. The van der Waals surface area contributed by atoms with Gasteiger partial charge in [0.15, 0.2) is 0 Å². The Labute approximate surface area is 213 Å². The molecule has 4 aromatic rings. The topological polar surface area (TPSA) is 49.3 Å². The molecule has 5 rings (SSSR count). The van der Waals surface area contributed by atoms with E-state index in [-0.39, 0.29) is 5.91 Å². The number of aromatic nitrogens is 2. The number of carbonyl (C=O) groups excluding carboxylic acids is 1. The van der Waals surface area contributed by atoms with Gasteiger partial charge in [0.1, 0.15) is 11.6 Å². The molecule has 8 heteroatoms. The first-order valence-corrected chi connectivity index (χ1v) is 12.2. The minimum atomic E-state index is -4.40. The first-order valence-electron chi connectivity index (χ1n) is 12.2. The van der Waals surface area contributed by atoms with Crippen LogP contribution in [0.25, 0.3) is 10.8 Å². The first-order chi connectivity index (χ1) is 17.7. The molecule has 0 saturated carbocycles. The van der Waals surface area contributed by atoms with Crippen molar-refractivity contribution in [2.45, 2.75) is 26.4 Å². The number of hydrogen-bond acceptors (Lipinski definition) is 4. The van der Waals surface area contributed by atoms with Crippen LogP contribution < -0.4 is 4.90 Å². The van der Waals surface area contributed by atoms with E-state index in [9.17, 15) is 18.0 Å². The van der Waals surface area contributed by atoms with Crippen LogP contribution in [0.2, 0.25) is 0 Å². The molecule has 3 aromatic carbocycles. The van der Waals surface area contributed by atoms with E-state index in [1.54, 1.807) is 6.07 Å². The van der Waals surface area contributed by atoms with Crippen molar-refractivity contribution in [1.29, 1.82) is 0 Å². The van der Waals surface area contributed by atoms with Gasteiger partial charge >= 0.3 is 6.18 Å². The lowest BCUT2D eigenvalue weighted by Crippen LogP contribution is -2.49. The van der Waals surface area contributed by atoms with Gasteiger partial charge in [-0.15, -0.1) is 0 Å². The van der Waals surface area contributed by atoms with Crippen LogP contribution in [0.5, 0.6) is 0 Å². The molecule has 1 amide bonds. The average Bonchev–Trinajstić information content (AvgIpc) is 2.89. The number of halogens is 3. The number of fused-ring (bicyclic) bond motifs is 1. The van der Waals surface area contributed by atoms with Crippen molar-refractivity contribution in [2.75, 3.05) is 31.1 Å². The number of rotatable bonds is 4. The lowest BCUT2D eigenvalue weighted by Gasteiger charge is -2.36. The Bertz CT molecular complexity index is 1460. The number of piperazine rings is 1. The highest BCUT2D eigenvalue weighted by Gasteiger charge is 2.31. The van der Waals surface area contributed by atoms with Gasteiger partial charge in [0.2, 0.25) is 0 Å². The average molecular weight is 505 g/mol. The molecule has 0 radical (unpaired) electrons. The number of anilines is 1. The van der Waals surface area contributed by atoms with Gasteiger partial charge in [-0.3, -0.25) is 4.79 Å². The maximum absolute atomic E-state index is 13.2. The quantitative estimate of drug-likeness (QED) is 0.352. The lowest BCUT2D eigenvalue weighted by molar-refractivity contribution is -0.137. The second kappa shape index (κ2) is 9.84. The Hall–Kier alpha value is -3.94. The normalized spacial score (nSPS) is 14.3. The zero-order chi connectivity index (χ0) is 26.2. The second-order valence-electron chi connectivity index (χ2n) is 9.37. The van der Waals surface area contributed by atoms with Crippen LogP contribution in [0.1, 0.15) is 38.6 Å². The van der Waals surface area contributed by atoms with Crippen LogP contribution >= 0.6 is 0 Å². The molecule has 0 atom stereocenters. The molecule has 1 aliphatic rings. The molecule has 0 bridgehead atoms. The van der Waals surface area contributed by atoms with Gasteiger partial charge in [0.05, 0.1) is 5.56 Å². The zero-order valence-electron chi connectivity index (χ0n) is 20.7. The van der Waals surface area contributed by atoms with Crippen molar-refractivity contribution in [2.24, 2.45) is 0 Å². The SMILES string of the molecule is Cc1nc(C)c(Cc2cccc(C(F)(F)F)c2)c(N2CCN(C(=O)c3ccc4ccccc4c3)CC2)n1. The summed E-state index contributed by atoms with van der Waals surface area (Å²) in [6.07, 6.45) is -4.10. The van der Waals surface area contributed by atoms with E-state index < -0.39 is 11.7 Å². The van der Waals surface area contributed by atoms with Gasteiger partial charge in [-0.2, -0.15) is 13.2 Å². The summed E-state index contributed by atoms with van der Waals surface area (Å²) in [6.45, 7) is 5.87. The number of carbonyl (C=O) groups is 1. The Morgan fingerprint density at radius 3 is 2.32 bits per heavy atom. The van der Waals surface area contributed by atoms with Crippen LogP contribution in [0.4, 0.5) is 19.0 Å². The molecule has 5 nitrogen and oxygen atoms in total. The van der Waals surface area contributed by atoms with E-state index in [1.165, 1.54) is 12.1 Å². The fourth-order valence-electron chi connectivity index (χ4n) is 4.87. The molecule has 1 saturated heterocycles. The van der Waals surface area contributed by atoms with Crippen molar-refractivity contribution >= 4 is 22.5 Å². The maximum atomic E-state index is 13.2. The van der Waals surface area contributed by atoms with E-state index in [0.717, 1.165) is 33.9 Å². The molecule has 2 heterocycles. The minimum Gasteiger partial charge on any atom is -0.353 e. The molecule has 1 fully saturated rings. The summed E-state index contributed by atoms with van der Waals surface area (Å²) in [4.78, 5) is 26.3. The van der Waals surface area contributed by atoms with Crippen molar-refractivity contribution in [3.8, 4) is 0 Å². The predicted molar refractivity (Wildman–Crippen MR) is 138 cm³/mol. The second-order valence-corrected chi connectivity index (χ2v) is 9.37.